The fraction of sp³-hybridized carbons (Fsp3) is 0.308. The maximum Gasteiger partial charge on any atom is 0.421 e. The molecule has 0 aliphatic carbocycles. The normalized spacial score (nSPS) is 17.5. The molecule has 0 radical (unpaired) electrons. The molecule has 2 rings (SSSR count). The Labute approximate surface area is 111 Å². The first kappa shape index (κ1) is 13.1. The lowest BCUT2D eigenvalue weighted by molar-refractivity contribution is -0.117. The molecule has 0 bridgehead atoms. The van der Waals surface area contributed by atoms with Gasteiger partial charge in [-0.1, -0.05) is 6.58 Å². The summed E-state index contributed by atoms with van der Waals surface area (Å²) >= 11 is 0. The third-order valence-corrected chi connectivity index (χ3v) is 2.73. The van der Waals surface area contributed by atoms with Crippen molar-refractivity contribution in [3.05, 3.63) is 30.2 Å². The highest BCUT2D eigenvalue weighted by molar-refractivity contribution is 6.09. The van der Waals surface area contributed by atoms with Gasteiger partial charge in [0.2, 0.25) is 5.91 Å². The van der Waals surface area contributed by atoms with E-state index in [2.05, 4.69) is 16.9 Å². The zero-order chi connectivity index (χ0) is 14.2. The number of nitrogens with zero attached hydrogens (tertiary/aromatic N) is 2. The number of amides is 2. The van der Waals surface area contributed by atoms with Crippen LogP contribution in [0.3, 0.4) is 0 Å². The number of aromatic nitrogens is 1. The van der Waals surface area contributed by atoms with Gasteiger partial charge in [0.15, 0.2) is 5.82 Å². The van der Waals surface area contributed by atoms with Crippen LogP contribution in [-0.2, 0) is 9.53 Å². The number of pyridine rings is 1. The van der Waals surface area contributed by atoms with Gasteiger partial charge in [0.1, 0.15) is 6.04 Å². The summed E-state index contributed by atoms with van der Waals surface area (Å²) in [4.78, 5) is 29.4. The van der Waals surface area contributed by atoms with Gasteiger partial charge in [-0.2, -0.15) is 0 Å². The fourth-order valence-electron chi connectivity index (χ4n) is 1.80. The number of aryl methyl sites for hydroxylation is 1. The van der Waals surface area contributed by atoms with Gasteiger partial charge in [-0.25, -0.2) is 14.7 Å². The maximum atomic E-state index is 12.1. The maximum absolute atomic E-state index is 12.1. The molecule has 100 valence electrons. The molecule has 1 unspecified atom stereocenters. The third-order valence-electron chi connectivity index (χ3n) is 2.73. The lowest BCUT2D eigenvalue weighted by Crippen LogP contribution is -2.50. The van der Waals surface area contributed by atoms with Crippen molar-refractivity contribution >= 4 is 23.5 Å². The average molecular weight is 261 g/mol. The highest BCUT2D eigenvalue weighted by Gasteiger charge is 2.36. The number of hydrogen-bond acceptors (Lipinski definition) is 4. The van der Waals surface area contributed by atoms with Crippen LogP contribution in [0, 0.1) is 6.92 Å². The minimum absolute atomic E-state index is 0.261. The Morgan fingerprint density at radius 2 is 2.21 bits per heavy atom. The van der Waals surface area contributed by atoms with Gasteiger partial charge < -0.3 is 10.1 Å². The largest absolute Gasteiger partial charge is 0.421 e. The van der Waals surface area contributed by atoms with E-state index in [0.717, 1.165) is 5.69 Å². The predicted molar refractivity (Wildman–Crippen MR) is 70.8 cm³/mol. The van der Waals surface area contributed by atoms with Crippen LogP contribution in [0.1, 0.15) is 19.5 Å². The first-order valence-electron chi connectivity index (χ1n) is 5.85. The molecule has 2 amide bonds. The van der Waals surface area contributed by atoms with Crippen LogP contribution >= 0.6 is 0 Å². The highest BCUT2D eigenvalue weighted by Crippen LogP contribution is 2.31. The van der Waals surface area contributed by atoms with Gasteiger partial charge in [0.25, 0.3) is 0 Å². The second-order valence-electron chi connectivity index (χ2n) is 4.43. The summed E-state index contributed by atoms with van der Waals surface area (Å²) in [5, 5.41) is 2.70. The number of rotatable bonds is 1. The zero-order valence-corrected chi connectivity index (χ0v) is 11.1. The Morgan fingerprint density at radius 1 is 1.53 bits per heavy atom. The molecule has 1 atom stereocenters. The lowest BCUT2D eigenvalue weighted by Gasteiger charge is -2.32. The van der Waals surface area contributed by atoms with E-state index < -0.39 is 12.1 Å². The molecule has 1 aliphatic heterocycles. The molecule has 6 heteroatoms. The molecular weight excluding hydrogens is 246 g/mol. The van der Waals surface area contributed by atoms with Crippen molar-refractivity contribution in [3.8, 4) is 0 Å². The van der Waals surface area contributed by atoms with Gasteiger partial charge in [-0.15, -0.1) is 0 Å². The van der Waals surface area contributed by atoms with Crippen molar-refractivity contribution in [2.75, 3.05) is 10.2 Å². The van der Waals surface area contributed by atoms with E-state index >= 15 is 0 Å². The summed E-state index contributed by atoms with van der Waals surface area (Å²) in [5.41, 5.74) is 1.24. The molecule has 0 saturated heterocycles. The summed E-state index contributed by atoms with van der Waals surface area (Å²) in [7, 11) is 0. The number of nitrogens with one attached hydrogen (secondary N) is 1. The molecule has 2 heterocycles. The molecule has 1 aliphatic rings. The second kappa shape index (κ2) is 4.72. The van der Waals surface area contributed by atoms with Crippen LogP contribution in [0.15, 0.2) is 24.5 Å². The summed E-state index contributed by atoms with van der Waals surface area (Å²) in [6.45, 7) is 8.51. The number of fused-ring (bicyclic) bond motifs is 1. The van der Waals surface area contributed by atoms with Crippen molar-refractivity contribution in [3.63, 3.8) is 0 Å². The second-order valence-corrected chi connectivity index (χ2v) is 4.43. The highest BCUT2D eigenvalue weighted by atomic mass is 16.6. The SMILES string of the molecule is C=C(C)OC(=O)N1c2nc(C)ccc2NC(=O)C1C. The molecule has 1 N–H and O–H groups in total. The standard InChI is InChI=1S/C13H15N3O3/c1-7(2)19-13(18)16-9(4)12(17)15-10-6-5-8(3)14-11(10)16/h5-6,9H,1H2,2-4H3,(H,15,17). The van der Waals surface area contributed by atoms with Crippen LogP contribution in [-0.4, -0.2) is 23.0 Å². The molecule has 0 aromatic carbocycles. The van der Waals surface area contributed by atoms with Crippen LogP contribution < -0.4 is 10.2 Å². The minimum atomic E-state index is -0.686. The zero-order valence-electron chi connectivity index (χ0n) is 11.1. The Hall–Kier alpha value is -2.37. The molecule has 1 aromatic heterocycles. The first-order valence-corrected chi connectivity index (χ1v) is 5.85. The van der Waals surface area contributed by atoms with E-state index in [1.54, 1.807) is 26.0 Å². The summed E-state index contributed by atoms with van der Waals surface area (Å²) < 4.78 is 4.98. The fourth-order valence-corrected chi connectivity index (χ4v) is 1.80. The molecule has 1 aromatic rings. The van der Waals surface area contributed by atoms with Gasteiger partial charge in [0.05, 0.1) is 11.4 Å². The van der Waals surface area contributed by atoms with Crippen molar-refractivity contribution < 1.29 is 14.3 Å². The number of carbonyl (C=O) groups excluding carboxylic acids is 2. The molecule has 0 saturated carbocycles. The summed E-state index contributed by atoms with van der Waals surface area (Å²) in [6.07, 6.45) is -0.658. The van der Waals surface area contributed by atoms with Gasteiger partial charge in [0, 0.05) is 5.69 Å². The van der Waals surface area contributed by atoms with E-state index in [4.69, 9.17) is 4.74 Å². The summed E-state index contributed by atoms with van der Waals surface area (Å²) in [6, 6.07) is 2.79. The van der Waals surface area contributed by atoms with Crippen LogP contribution in [0.25, 0.3) is 0 Å². The van der Waals surface area contributed by atoms with E-state index in [1.807, 2.05) is 6.92 Å². The van der Waals surface area contributed by atoms with E-state index in [1.165, 1.54) is 4.90 Å². The number of carbonyl (C=O) groups is 2. The number of ether oxygens (including phenoxy) is 1. The predicted octanol–water partition coefficient (Wildman–Crippen LogP) is 2.21. The number of hydrogen-bond donors (Lipinski definition) is 1. The molecule has 19 heavy (non-hydrogen) atoms. The first-order chi connectivity index (χ1) is 8.90. The van der Waals surface area contributed by atoms with Gasteiger partial charge >= 0.3 is 6.09 Å². The van der Waals surface area contributed by atoms with Crippen LogP contribution in [0.2, 0.25) is 0 Å². The Balaban J connectivity index is 2.46. The molecular formula is C13H15N3O3. The third kappa shape index (κ3) is 2.42. The lowest BCUT2D eigenvalue weighted by atomic mass is 10.2. The van der Waals surface area contributed by atoms with Gasteiger partial charge in [-0.05, 0) is 32.9 Å². The van der Waals surface area contributed by atoms with E-state index in [-0.39, 0.29) is 11.7 Å². The van der Waals surface area contributed by atoms with Crippen LogP contribution in [0.5, 0.6) is 0 Å². The van der Waals surface area contributed by atoms with Crippen molar-refractivity contribution in [2.45, 2.75) is 26.8 Å². The quantitative estimate of drug-likeness (QED) is 0.787. The Kier molecular flexibility index (Phi) is 3.25. The Bertz CT molecular complexity index is 568. The molecule has 0 spiro atoms. The average Bonchev–Trinajstić information content (AvgIpc) is 2.30. The van der Waals surface area contributed by atoms with Crippen molar-refractivity contribution in [1.29, 1.82) is 0 Å². The minimum Gasteiger partial charge on any atom is -0.415 e. The number of allylic oxidation sites excluding steroid dienone is 1. The smallest absolute Gasteiger partial charge is 0.415 e. The number of anilines is 2. The van der Waals surface area contributed by atoms with Crippen LogP contribution in [0.4, 0.5) is 16.3 Å². The summed E-state index contributed by atoms with van der Waals surface area (Å²) in [5.74, 6) is 0.368. The van der Waals surface area contributed by atoms with Gasteiger partial charge in [-0.3, -0.25) is 4.79 Å². The van der Waals surface area contributed by atoms with E-state index in [0.29, 0.717) is 11.5 Å². The van der Waals surface area contributed by atoms with Crippen molar-refractivity contribution in [1.82, 2.24) is 4.98 Å². The van der Waals surface area contributed by atoms with Crippen molar-refractivity contribution in [2.24, 2.45) is 0 Å². The topological polar surface area (TPSA) is 71.5 Å². The molecule has 6 nitrogen and oxygen atoms in total. The monoisotopic (exact) mass is 261 g/mol. The Morgan fingerprint density at radius 3 is 2.84 bits per heavy atom. The van der Waals surface area contributed by atoms with E-state index in [9.17, 15) is 9.59 Å². The molecule has 0 fully saturated rings.